The molecule has 0 saturated carbocycles. The number of imidazole rings is 1. The Morgan fingerprint density at radius 1 is 1.24 bits per heavy atom. The summed E-state index contributed by atoms with van der Waals surface area (Å²) in [6, 6.07) is 0. The lowest BCUT2D eigenvalue weighted by Crippen LogP contribution is -2.30. The van der Waals surface area contributed by atoms with Gasteiger partial charge in [-0.05, 0) is 19.5 Å². The number of nitrogens with two attached hydrogens (primary N) is 1. The number of nitrogen functional groups attached to an aromatic ring is 1. The van der Waals surface area contributed by atoms with Crippen LogP contribution < -0.4 is 11.1 Å². The smallest absolute Gasteiger partial charge is 0.241 e. The molecule has 114 valence electrons. The van der Waals surface area contributed by atoms with Crippen molar-refractivity contribution in [2.75, 3.05) is 37.2 Å². The van der Waals surface area contributed by atoms with E-state index in [-0.39, 0.29) is 5.95 Å². The Balaban J connectivity index is 1.97. The maximum Gasteiger partial charge on any atom is 0.241 e. The van der Waals surface area contributed by atoms with E-state index in [1.807, 2.05) is 0 Å². The lowest BCUT2D eigenvalue weighted by Gasteiger charge is -2.19. The Labute approximate surface area is 124 Å². The highest BCUT2D eigenvalue weighted by Crippen LogP contribution is 2.06. The van der Waals surface area contributed by atoms with Gasteiger partial charge in [-0.3, -0.25) is 4.57 Å². The molecule has 0 aliphatic rings. The van der Waals surface area contributed by atoms with Crippen LogP contribution in [0.3, 0.4) is 0 Å². The van der Waals surface area contributed by atoms with Crippen LogP contribution in [0.25, 0.3) is 5.95 Å². The molecule has 0 amide bonds. The third-order valence-corrected chi connectivity index (χ3v) is 3.07. The molecule has 0 bridgehead atoms. The molecule has 0 spiro atoms. The van der Waals surface area contributed by atoms with Crippen LogP contribution in [0.2, 0.25) is 0 Å². The van der Waals surface area contributed by atoms with Crippen LogP contribution in [0.4, 0.5) is 11.9 Å². The molecule has 3 N–H and O–H groups in total. The monoisotopic (exact) mass is 290 g/mol. The van der Waals surface area contributed by atoms with Gasteiger partial charge >= 0.3 is 0 Å². The van der Waals surface area contributed by atoms with E-state index in [1.165, 1.54) is 0 Å². The minimum absolute atomic E-state index is 0.192. The molecule has 0 saturated heterocycles. The van der Waals surface area contributed by atoms with Crippen molar-refractivity contribution in [3.05, 3.63) is 18.7 Å². The van der Waals surface area contributed by atoms with Crippen LogP contribution in [-0.2, 0) is 0 Å². The summed E-state index contributed by atoms with van der Waals surface area (Å²) in [7, 11) is 0. The van der Waals surface area contributed by atoms with Crippen LogP contribution in [0.5, 0.6) is 0 Å². The predicted molar refractivity (Wildman–Crippen MR) is 82.3 cm³/mol. The first kappa shape index (κ1) is 15.2. The first-order valence-electron chi connectivity index (χ1n) is 7.19. The molecule has 0 aliphatic heterocycles. The van der Waals surface area contributed by atoms with Gasteiger partial charge in [0.15, 0.2) is 0 Å². The summed E-state index contributed by atoms with van der Waals surface area (Å²) < 4.78 is 1.69. The third-order valence-electron chi connectivity index (χ3n) is 3.07. The molecule has 0 aromatic carbocycles. The van der Waals surface area contributed by atoms with E-state index >= 15 is 0 Å². The van der Waals surface area contributed by atoms with E-state index < -0.39 is 0 Å². The van der Waals surface area contributed by atoms with Gasteiger partial charge in [0.25, 0.3) is 0 Å². The molecular weight excluding hydrogens is 268 g/mol. The largest absolute Gasteiger partial charge is 0.368 e. The maximum atomic E-state index is 5.72. The fraction of sp³-hybridized carbons (Fsp3) is 0.538. The van der Waals surface area contributed by atoms with Gasteiger partial charge in [0, 0.05) is 25.5 Å². The van der Waals surface area contributed by atoms with Gasteiger partial charge in [0.2, 0.25) is 17.8 Å². The summed E-state index contributed by atoms with van der Waals surface area (Å²) in [5.41, 5.74) is 5.72. The van der Waals surface area contributed by atoms with Crippen molar-refractivity contribution in [3.63, 3.8) is 0 Å². The lowest BCUT2D eigenvalue weighted by atomic mass is 10.4. The minimum Gasteiger partial charge on any atom is -0.368 e. The van der Waals surface area contributed by atoms with Crippen molar-refractivity contribution in [3.8, 4) is 5.95 Å². The average Bonchev–Trinajstić information content (AvgIpc) is 3.00. The summed E-state index contributed by atoms with van der Waals surface area (Å²) in [4.78, 5) is 18.9. The zero-order chi connectivity index (χ0) is 15.1. The Morgan fingerprint density at radius 2 is 2.10 bits per heavy atom. The molecule has 0 aliphatic carbocycles. The molecule has 21 heavy (non-hydrogen) atoms. The van der Waals surface area contributed by atoms with Crippen molar-refractivity contribution in [2.45, 2.75) is 20.3 Å². The van der Waals surface area contributed by atoms with Crippen LogP contribution >= 0.6 is 0 Å². The van der Waals surface area contributed by atoms with Crippen molar-refractivity contribution in [1.82, 2.24) is 29.4 Å². The Morgan fingerprint density at radius 3 is 2.76 bits per heavy atom. The van der Waals surface area contributed by atoms with E-state index in [0.29, 0.717) is 11.9 Å². The van der Waals surface area contributed by atoms with Gasteiger partial charge in [-0.1, -0.05) is 13.8 Å². The van der Waals surface area contributed by atoms with E-state index in [0.717, 1.165) is 32.6 Å². The second-order valence-corrected chi connectivity index (χ2v) is 4.65. The number of nitrogens with zero attached hydrogens (tertiary/aromatic N) is 6. The van der Waals surface area contributed by atoms with Crippen LogP contribution in [0.15, 0.2) is 18.7 Å². The molecule has 2 rings (SSSR count). The predicted octanol–water partition coefficient (Wildman–Crippen LogP) is 0.783. The highest BCUT2D eigenvalue weighted by molar-refractivity contribution is 5.35. The summed E-state index contributed by atoms with van der Waals surface area (Å²) in [5.74, 6) is 1.14. The molecular formula is C13H22N8. The molecule has 0 radical (unpaired) electrons. The van der Waals surface area contributed by atoms with Crippen molar-refractivity contribution >= 4 is 11.9 Å². The molecule has 0 unspecified atom stereocenters. The highest BCUT2D eigenvalue weighted by Gasteiger charge is 2.06. The molecule has 8 heteroatoms. The number of likely N-dealkylation sites (N-methyl/N-ethyl adjacent to an activating group) is 1. The first-order valence-corrected chi connectivity index (χ1v) is 7.19. The van der Waals surface area contributed by atoms with E-state index in [4.69, 9.17) is 5.73 Å². The molecule has 8 nitrogen and oxygen atoms in total. The van der Waals surface area contributed by atoms with Gasteiger partial charge in [-0.2, -0.15) is 15.0 Å². The summed E-state index contributed by atoms with van der Waals surface area (Å²) in [6.07, 6.45) is 6.20. The fourth-order valence-corrected chi connectivity index (χ4v) is 2.02. The van der Waals surface area contributed by atoms with Crippen LogP contribution in [-0.4, -0.2) is 55.6 Å². The first-order chi connectivity index (χ1) is 10.2. The zero-order valence-electron chi connectivity index (χ0n) is 12.5. The fourth-order valence-electron chi connectivity index (χ4n) is 2.02. The topological polar surface area (TPSA) is 97.8 Å². The summed E-state index contributed by atoms with van der Waals surface area (Å²) in [6.45, 7) is 8.18. The second-order valence-electron chi connectivity index (χ2n) is 4.65. The SMILES string of the molecule is CCCN(CC)CCNc1nc(N)nc(-n2ccnc2)n1. The average molecular weight is 290 g/mol. The van der Waals surface area contributed by atoms with Gasteiger partial charge in [0.1, 0.15) is 6.33 Å². The van der Waals surface area contributed by atoms with Crippen molar-refractivity contribution in [2.24, 2.45) is 0 Å². The number of nitrogens with one attached hydrogen (secondary N) is 1. The normalized spacial score (nSPS) is 11.0. The van der Waals surface area contributed by atoms with Gasteiger partial charge in [-0.25, -0.2) is 4.98 Å². The molecule has 2 aromatic rings. The Bertz CT molecular complexity index is 539. The van der Waals surface area contributed by atoms with Gasteiger partial charge < -0.3 is 16.0 Å². The lowest BCUT2D eigenvalue weighted by molar-refractivity contribution is 0.300. The molecule has 0 atom stereocenters. The van der Waals surface area contributed by atoms with Crippen molar-refractivity contribution < 1.29 is 0 Å². The molecule has 2 heterocycles. The number of hydrogen-bond acceptors (Lipinski definition) is 7. The standard InChI is InChI=1S/C13H22N8/c1-3-7-20(4-2)8-6-16-12-17-11(14)18-13(19-12)21-9-5-15-10-21/h5,9-10H,3-4,6-8H2,1-2H3,(H3,14,16,17,18,19). The second kappa shape index (κ2) is 7.53. The molecule has 0 fully saturated rings. The third kappa shape index (κ3) is 4.38. The Kier molecular flexibility index (Phi) is 5.44. The zero-order valence-corrected chi connectivity index (χ0v) is 12.5. The van der Waals surface area contributed by atoms with E-state index in [1.54, 1.807) is 23.3 Å². The molecule has 2 aromatic heterocycles. The number of rotatable bonds is 8. The van der Waals surface area contributed by atoms with E-state index in [2.05, 4.69) is 44.0 Å². The number of hydrogen-bond donors (Lipinski definition) is 2. The maximum absolute atomic E-state index is 5.72. The van der Waals surface area contributed by atoms with Gasteiger partial charge in [-0.15, -0.1) is 0 Å². The quantitative estimate of drug-likeness (QED) is 0.741. The van der Waals surface area contributed by atoms with Crippen LogP contribution in [0.1, 0.15) is 20.3 Å². The van der Waals surface area contributed by atoms with E-state index in [9.17, 15) is 0 Å². The minimum atomic E-state index is 0.192. The Hall–Kier alpha value is -2.22. The van der Waals surface area contributed by atoms with Crippen LogP contribution in [0, 0.1) is 0 Å². The highest BCUT2D eigenvalue weighted by atomic mass is 15.3. The van der Waals surface area contributed by atoms with Crippen molar-refractivity contribution in [1.29, 1.82) is 0 Å². The number of anilines is 2. The number of aromatic nitrogens is 5. The van der Waals surface area contributed by atoms with Gasteiger partial charge in [0.05, 0.1) is 0 Å². The summed E-state index contributed by atoms with van der Waals surface area (Å²) in [5, 5.41) is 3.19. The summed E-state index contributed by atoms with van der Waals surface area (Å²) >= 11 is 0.